The summed E-state index contributed by atoms with van der Waals surface area (Å²) in [4.78, 5) is 22.7. The number of nitrogens with one attached hydrogen (secondary N) is 1. The van der Waals surface area contributed by atoms with Crippen molar-refractivity contribution in [1.82, 2.24) is 10.2 Å². The van der Waals surface area contributed by atoms with Crippen LogP contribution in [0.4, 0.5) is 0 Å². The van der Waals surface area contributed by atoms with Crippen LogP contribution < -0.4 is 5.32 Å². The topological polar surface area (TPSA) is 69.6 Å². The van der Waals surface area contributed by atoms with Crippen molar-refractivity contribution in [3.8, 4) is 0 Å². The minimum Gasteiger partial charge on any atom is -0.480 e. The number of aliphatic carboxylic acids is 1. The first-order valence-corrected chi connectivity index (χ1v) is 3.85. The normalized spacial score (nSPS) is 9.69. The number of nitrogens with zero attached hydrogens (tertiary/aromatic N) is 1. The molecule has 0 saturated heterocycles. The molecule has 0 rings (SSSR count). The molecule has 0 bridgehead atoms. The molecular weight excluding hydrogens is 172 g/mol. The molecule has 0 saturated carbocycles. The molecule has 2 N–H and O–H groups in total. The van der Waals surface area contributed by atoms with Crippen LogP contribution in [-0.2, 0) is 9.59 Å². The number of amides is 1. The van der Waals surface area contributed by atoms with Gasteiger partial charge in [-0.25, -0.2) is 0 Å². The number of likely N-dealkylation sites (N-methyl/N-ethyl adjacent to an activating group) is 1. The van der Waals surface area contributed by atoms with E-state index < -0.39 is 5.97 Å². The number of rotatable bonds is 6. The molecule has 13 heavy (non-hydrogen) atoms. The van der Waals surface area contributed by atoms with E-state index in [1.807, 2.05) is 0 Å². The van der Waals surface area contributed by atoms with E-state index in [0.29, 0.717) is 6.54 Å². The van der Waals surface area contributed by atoms with E-state index >= 15 is 0 Å². The van der Waals surface area contributed by atoms with E-state index in [1.165, 1.54) is 11.9 Å². The SMILES string of the molecule is C=CCN(CC(=O)O)CC(=O)NC. The summed E-state index contributed by atoms with van der Waals surface area (Å²) >= 11 is 0. The van der Waals surface area contributed by atoms with Gasteiger partial charge >= 0.3 is 5.97 Å². The van der Waals surface area contributed by atoms with Gasteiger partial charge < -0.3 is 10.4 Å². The van der Waals surface area contributed by atoms with Gasteiger partial charge in [0, 0.05) is 13.6 Å². The van der Waals surface area contributed by atoms with Crippen molar-refractivity contribution >= 4 is 11.9 Å². The number of carbonyl (C=O) groups is 2. The second-order valence-corrected chi connectivity index (χ2v) is 2.53. The van der Waals surface area contributed by atoms with Gasteiger partial charge in [0.15, 0.2) is 0 Å². The quantitative estimate of drug-likeness (QED) is 0.538. The average molecular weight is 186 g/mol. The summed E-state index contributed by atoms with van der Waals surface area (Å²) in [6.07, 6.45) is 1.56. The highest BCUT2D eigenvalue weighted by Crippen LogP contribution is 1.88. The van der Waals surface area contributed by atoms with Crippen LogP contribution in [0, 0.1) is 0 Å². The van der Waals surface area contributed by atoms with Crippen LogP contribution in [-0.4, -0.2) is 48.6 Å². The largest absolute Gasteiger partial charge is 0.480 e. The Kier molecular flexibility index (Phi) is 5.54. The summed E-state index contributed by atoms with van der Waals surface area (Å²) in [6, 6.07) is 0. The summed E-state index contributed by atoms with van der Waals surface area (Å²) in [6.45, 7) is 3.79. The van der Waals surface area contributed by atoms with Crippen molar-refractivity contribution < 1.29 is 14.7 Å². The third-order valence-corrected chi connectivity index (χ3v) is 1.39. The van der Waals surface area contributed by atoms with Crippen LogP contribution in [0.25, 0.3) is 0 Å². The third-order valence-electron chi connectivity index (χ3n) is 1.39. The van der Waals surface area contributed by atoms with Crippen LogP contribution in [0.2, 0.25) is 0 Å². The van der Waals surface area contributed by atoms with E-state index in [0.717, 1.165) is 0 Å². The second-order valence-electron chi connectivity index (χ2n) is 2.53. The predicted molar refractivity (Wildman–Crippen MR) is 48.3 cm³/mol. The molecule has 5 heteroatoms. The number of carboxylic acids is 1. The Balaban J connectivity index is 4.00. The fourth-order valence-corrected chi connectivity index (χ4v) is 0.841. The Morgan fingerprint density at radius 1 is 1.54 bits per heavy atom. The summed E-state index contributed by atoms with van der Waals surface area (Å²) < 4.78 is 0. The highest BCUT2D eigenvalue weighted by Gasteiger charge is 2.10. The first kappa shape index (κ1) is 11.6. The van der Waals surface area contributed by atoms with E-state index in [1.54, 1.807) is 6.08 Å². The Morgan fingerprint density at radius 2 is 2.15 bits per heavy atom. The van der Waals surface area contributed by atoms with Gasteiger partial charge in [-0.05, 0) is 0 Å². The lowest BCUT2D eigenvalue weighted by Crippen LogP contribution is -2.38. The first-order chi connectivity index (χ1) is 6.10. The molecule has 0 aliphatic heterocycles. The highest BCUT2D eigenvalue weighted by molar-refractivity contribution is 5.78. The van der Waals surface area contributed by atoms with Crippen molar-refractivity contribution in [3.05, 3.63) is 12.7 Å². The van der Waals surface area contributed by atoms with E-state index in [9.17, 15) is 9.59 Å². The summed E-state index contributed by atoms with van der Waals surface area (Å²) in [5.74, 6) is -1.16. The fraction of sp³-hybridized carbons (Fsp3) is 0.500. The molecule has 0 unspecified atom stereocenters. The van der Waals surface area contributed by atoms with Crippen molar-refractivity contribution in [1.29, 1.82) is 0 Å². The molecule has 0 aliphatic carbocycles. The molecule has 0 aliphatic rings. The maximum atomic E-state index is 10.9. The Hall–Kier alpha value is -1.36. The molecule has 0 fully saturated rings. The Morgan fingerprint density at radius 3 is 2.54 bits per heavy atom. The predicted octanol–water partition coefficient (Wildman–Crippen LogP) is -0.695. The molecule has 0 aromatic rings. The molecular formula is C8H14N2O3. The molecule has 5 nitrogen and oxygen atoms in total. The number of carboxylic acid groups (broad SMARTS) is 1. The molecule has 1 amide bonds. The molecule has 0 aromatic carbocycles. The minimum absolute atomic E-state index is 0.0782. The number of carbonyl (C=O) groups excluding carboxylic acids is 1. The molecule has 0 spiro atoms. The zero-order valence-electron chi connectivity index (χ0n) is 7.62. The standard InChI is InChI=1S/C8H14N2O3/c1-3-4-10(6-8(12)13)5-7(11)9-2/h3H,1,4-6H2,2H3,(H,9,11)(H,12,13). The monoisotopic (exact) mass is 186 g/mol. The van der Waals surface area contributed by atoms with Gasteiger partial charge in [-0.3, -0.25) is 14.5 Å². The summed E-state index contributed by atoms with van der Waals surface area (Å²) in [5, 5.41) is 10.9. The lowest BCUT2D eigenvalue weighted by molar-refractivity contribution is -0.138. The van der Waals surface area contributed by atoms with Gasteiger partial charge in [-0.1, -0.05) is 6.08 Å². The number of hydrogen-bond donors (Lipinski definition) is 2. The Labute approximate surface area is 77.0 Å². The van der Waals surface area contributed by atoms with Crippen molar-refractivity contribution in [2.24, 2.45) is 0 Å². The van der Waals surface area contributed by atoms with Gasteiger partial charge in [0.25, 0.3) is 0 Å². The molecule has 0 atom stereocenters. The van der Waals surface area contributed by atoms with Gasteiger partial charge in [0.1, 0.15) is 0 Å². The fourth-order valence-electron chi connectivity index (χ4n) is 0.841. The molecule has 0 radical (unpaired) electrons. The van der Waals surface area contributed by atoms with Crippen LogP contribution in [0.3, 0.4) is 0 Å². The maximum absolute atomic E-state index is 10.9. The summed E-state index contributed by atoms with van der Waals surface area (Å²) in [5.41, 5.74) is 0. The molecule has 74 valence electrons. The zero-order valence-corrected chi connectivity index (χ0v) is 7.62. The average Bonchev–Trinajstić information content (AvgIpc) is 2.03. The maximum Gasteiger partial charge on any atom is 0.317 e. The summed E-state index contributed by atoms with van der Waals surface area (Å²) in [7, 11) is 1.51. The van der Waals surface area contributed by atoms with Gasteiger partial charge in [-0.2, -0.15) is 0 Å². The third kappa shape index (κ3) is 5.86. The van der Waals surface area contributed by atoms with Gasteiger partial charge in [-0.15, -0.1) is 6.58 Å². The lowest BCUT2D eigenvalue weighted by atomic mass is 10.4. The zero-order chi connectivity index (χ0) is 10.3. The molecule has 0 aromatic heterocycles. The highest BCUT2D eigenvalue weighted by atomic mass is 16.4. The first-order valence-electron chi connectivity index (χ1n) is 3.85. The Bertz CT molecular complexity index is 204. The van der Waals surface area contributed by atoms with Crippen LogP contribution in [0.1, 0.15) is 0 Å². The van der Waals surface area contributed by atoms with E-state index in [2.05, 4.69) is 11.9 Å². The van der Waals surface area contributed by atoms with E-state index in [4.69, 9.17) is 5.11 Å². The van der Waals surface area contributed by atoms with Crippen LogP contribution in [0.15, 0.2) is 12.7 Å². The van der Waals surface area contributed by atoms with Crippen molar-refractivity contribution in [2.75, 3.05) is 26.7 Å². The van der Waals surface area contributed by atoms with Gasteiger partial charge in [0.05, 0.1) is 13.1 Å². The van der Waals surface area contributed by atoms with Crippen LogP contribution in [0.5, 0.6) is 0 Å². The minimum atomic E-state index is -0.953. The lowest BCUT2D eigenvalue weighted by Gasteiger charge is -2.16. The van der Waals surface area contributed by atoms with E-state index in [-0.39, 0.29) is 19.0 Å². The smallest absolute Gasteiger partial charge is 0.317 e. The number of hydrogen-bond acceptors (Lipinski definition) is 3. The second kappa shape index (κ2) is 6.19. The van der Waals surface area contributed by atoms with Crippen molar-refractivity contribution in [2.45, 2.75) is 0 Å². The molecule has 0 heterocycles. The van der Waals surface area contributed by atoms with Crippen molar-refractivity contribution in [3.63, 3.8) is 0 Å². The van der Waals surface area contributed by atoms with Gasteiger partial charge in [0.2, 0.25) is 5.91 Å². The van der Waals surface area contributed by atoms with Crippen LogP contribution >= 0.6 is 0 Å².